The standard InChI is InChI=1S/C27H36O6/c1-18(7-6-8-19(2)10-16-25(29)27(3,4)31)9-15-22-23(28)17-24(33-26(22)30)20-11-13-21(32-5)14-12-20/h8-9,11-14,17,25,28-29,31H,6-7,10,15-16H2,1-5H3/b18-9+,19-8+. The average molecular weight is 457 g/mol. The first-order valence-corrected chi connectivity index (χ1v) is 11.2. The largest absolute Gasteiger partial charge is 0.507 e. The number of aliphatic hydroxyl groups is 2. The van der Waals surface area contributed by atoms with Gasteiger partial charge in [0.25, 0.3) is 0 Å². The van der Waals surface area contributed by atoms with Crippen molar-refractivity contribution >= 4 is 0 Å². The molecule has 0 spiro atoms. The Labute approximate surface area is 195 Å². The number of methoxy groups -OCH3 is 1. The fourth-order valence-electron chi connectivity index (χ4n) is 3.34. The van der Waals surface area contributed by atoms with Crippen LogP contribution in [0.3, 0.4) is 0 Å². The van der Waals surface area contributed by atoms with Crippen LogP contribution in [0.2, 0.25) is 0 Å². The van der Waals surface area contributed by atoms with E-state index in [1.165, 1.54) is 11.6 Å². The smallest absolute Gasteiger partial charge is 0.343 e. The molecule has 0 fully saturated rings. The van der Waals surface area contributed by atoms with Crippen molar-refractivity contribution in [3.05, 3.63) is 69.6 Å². The van der Waals surface area contributed by atoms with Crippen LogP contribution < -0.4 is 10.4 Å². The van der Waals surface area contributed by atoms with E-state index in [2.05, 4.69) is 6.08 Å². The van der Waals surface area contributed by atoms with E-state index in [9.17, 15) is 20.1 Å². The van der Waals surface area contributed by atoms with Crippen LogP contribution in [0.5, 0.6) is 11.5 Å². The van der Waals surface area contributed by atoms with E-state index in [0.29, 0.717) is 29.9 Å². The predicted octanol–water partition coefficient (Wildman–Crippen LogP) is 5.15. The molecule has 0 amide bonds. The first kappa shape index (κ1) is 26.4. The molecule has 1 unspecified atom stereocenters. The number of aromatic hydroxyl groups is 1. The van der Waals surface area contributed by atoms with Gasteiger partial charge in [-0.2, -0.15) is 0 Å². The lowest BCUT2D eigenvalue weighted by Crippen LogP contribution is -2.35. The SMILES string of the molecule is COc1ccc(-c2cc(O)c(C/C=C(\C)CC/C=C(\C)CCC(O)C(C)(C)O)c(=O)o2)cc1. The molecular weight excluding hydrogens is 420 g/mol. The van der Waals surface area contributed by atoms with Gasteiger partial charge in [0.1, 0.15) is 17.3 Å². The Balaban J connectivity index is 1.94. The van der Waals surface area contributed by atoms with Gasteiger partial charge in [-0.1, -0.05) is 23.3 Å². The third-order valence-electron chi connectivity index (χ3n) is 5.71. The molecule has 0 aliphatic carbocycles. The van der Waals surface area contributed by atoms with Crippen molar-refractivity contribution in [2.24, 2.45) is 0 Å². The highest BCUT2D eigenvalue weighted by Crippen LogP contribution is 2.26. The van der Waals surface area contributed by atoms with Crippen molar-refractivity contribution in [2.45, 2.75) is 71.5 Å². The van der Waals surface area contributed by atoms with E-state index in [1.807, 2.05) is 19.9 Å². The highest BCUT2D eigenvalue weighted by molar-refractivity contribution is 5.60. The molecule has 0 bridgehead atoms. The van der Waals surface area contributed by atoms with Crippen molar-refractivity contribution < 1.29 is 24.5 Å². The summed E-state index contributed by atoms with van der Waals surface area (Å²) in [5.41, 5.74) is 1.54. The van der Waals surface area contributed by atoms with Gasteiger partial charge in [0.05, 0.1) is 24.4 Å². The van der Waals surface area contributed by atoms with Crippen LogP contribution in [0.25, 0.3) is 11.3 Å². The Bertz CT molecular complexity index is 1020. The molecular formula is C27H36O6. The number of hydrogen-bond acceptors (Lipinski definition) is 6. The summed E-state index contributed by atoms with van der Waals surface area (Å²) < 4.78 is 10.6. The van der Waals surface area contributed by atoms with Crippen LogP contribution >= 0.6 is 0 Å². The second-order valence-corrected chi connectivity index (χ2v) is 9.04. The summed E-state index contributed by atoms with van der Waals surface area (Å²) in [6.45, 7) is 7.22. The van der Waals surface area contributed by atoms with E-state index in [1.54, 1.807) is 45.2 Å². The zero-order valence-electron chi connectivity index (χ0n) is 20.2. The summed E-state index contributed by atoms with van der Waals surface area (Å²) in [5.74, 6) is 0.918. The molecule has 0 aliphatic heterocycles. The third kappa shape index (κ3) is 8.22. The molecule has 1 heterocycles. The molecule has 6 heteroatoms. The van der Waals surface area contributed by atoms with Crippen molar-refractivity contribution in [3.63, 3.8) is 0 Å². The van der Waals surface area contributed by atoms with E-state index in [-0.39, 0.29) is 11.3 Å². The zero-order valence-corrected chi connectivity index (χ0v) is 20.2. The maximum Gasteiger partial charge on any atom is 0.343 e. The molecule has 1 aromatic heterocycles. The van der Waals surface area contributed by atoms with Crippen molar-refractivity contribution in [2.75, 3.05) is 7.11 Å². The Morgan fingerprint density at radius 3 is 2.33 bits per heavy atom. The fraction of sp³-hybridized carbons (Fsp3) is 0.444. The predicted molar refractivity (Wildman–Crippen MR) is 131 cm³/mol. The van der Waals surface area contributed by atoms with Gasteiger partial charge in [0.15, 0.2) is 0 Å². The van der Waals surface area contributed by atoms with Gasteiger partial charge in [0, 0.05) is 18.1 Å². The summed E-state index contributed by atoms with van der Waals surface area (Å²) in [6.07, 6.45) is 6.50. The number of allylic oxidation sites excluding steroid dienone is 4. The normalized spacial score (nSPS) is 13.8. The molecule has 180 valence electrons. The quantitative estimate of drug-likeness (QED) is 0.405. The van der Waals surface area contributed by atoms with Gasteiger partial charge in [-0.15, -0.1) is 0 Å². The minimum Gasteiger partial charge on any atom is -0.507 e. The monoisotopic (exact) mass is 456 g/mol. The summed E-state index contributed by atoms with van der Waals surface area (Å²) >= 11 is 0. The third-order valence-corrected chi connectivity index (χ3v) is 5.71. The van der Waals surface area contributed by atoms with Crippen LogP contribution in [-0.2, 0) is 6.42 Å². The van der Waals surface area contributed by atoms with Crippen molar-refractivity contribution in [1.29, 1.82) is 0 Å². The molecule has 1 aromatic carbocycles. The van der Waals surface area contributed by atoms with E-state index >= 15 is 0 Å². The zero-order chi connectivity index (χ0) is 24.6. The van der Waals surface area contributed by atoms with Gasteiger partial charge in [-0.25, -0.2) is 4.79 Å². The highest BCUT2D eigenvalue weighted by atomic mass is 16.5. The number of hydrogen-bond donors (Lipinski definition) is 3. The van der Waals surface area contributed by atoms with E-state index in [4.69, 9.17) is 9.15 Å². The molecule has 0 aliphatic rings. The molecule has 6 nitrogen and oxygen atoms in total. The summed E-state index contributed by atoms with van der Waals surface area (Å²) in [5, 5.41) is 30.1. The molecule has 2 aromatic rings. The van der Waals surface area contributed by atoms with Gasteiger partial charge >= 0.3 is 5.63 Å². The number of aliphatic hydroxyl groups excluding tert-OH is 1. The van der Waals surface area contributed by atoms with Gasteiger partial charge in [-0.05, 0) is 77.6 Å². The Hall–Kier alpha value is -2.83. The summed E-state index contributed by atoms with van der Waals surface area (Å²) in [6, 6.07) is 8.52. The summed E-state index contributed by atoms with van der Waals surface area (Å²) in [4.78, 5) is 12.4. The van der Waals surface area contributed by atoms with Crippen molar-refractivity contribution in [1.82, 2.24) is 0 Å². The number of benzene rings is 1. The fourth-order valence-corrected chi connectivity index (χ4v) is 3.34. The van der Waals surface area contributed by atoms with Gasteiger partial charge in [0.2, 0.25) is 0 Å². The maximum absolute atomic E-state index is 12.4. The summed E-state index contributed by atoms with van der Waals surface area (Å²) in [7, 11) is 1.58. The molecule has 1 atom stereocenters. The topological polar surface area (TPSA) is 100 Å². The molecule has 3 N–H and O–H groups in total. The number of ether oxygens (including phenoxy) is 1. The second kappa shape index (κ2) is 11.9. The van der Waals surface area contributed by atoms with Crippen LogP contribution in [0.15, 0.2) is 62.8 Å². The van der Waals surface area contributed by atoms with Gasteiger partial charge < -0.3 is 24.5 Å². The van der Waals surface area contributed by atoms with Crippen LogP contribution in [-0.4, -0.2) is 34.1 Å². The van der Waals surface area contributed by atoms with Gasteiger partial charge in [-0.3, -0.25) is 0 Å². The molecule has 0 saturated heterocycles. The second-order valence-electron chi connectivity index (χ2n) is 9.04. The van der Waals surface area contributed by atoms with E-state index < -0.39 is 17.3 Å². The van der Waals surface area contributed by atoms with E-state index in [0.717, 1.165) is 24.8 Å². The van der Waals surface area contributed by atoms with Crippen LogP contribution in [0, 0.1) is 0 Å². The first-order chi connectivity index (χ1) is 15.5. The first-order valence-electron chi connectivity index (χ1n) is 11.2. The lowest BCUT2D eigenvalue weighted by molar-refractivity contribution is -0.0509. The molecule has 2 rings (SSSR count). The highest BCUT2D eigenvalue weighted by Gasteiger charge is 2.23. The lowest BCUT2D eigenvalue weighted by Gasteiger charge is -2.24. The lowest BCUT2D eigenvalue weighted by atomic mass is 9.95. The minimum absolute atomic E-state index is 0.0813. The van der Waals surface area contributed by atoms with Crippen molar-refractivity contribution in [3.8, 4) is 22.8 Å². The Kier molecular flexibility index (Phi) is 9.50. The minimum atomic E-state index is -1.09. The Morgan fingerprint density at radius 1 is 1.12 bits per heavy atom. The average Bonchev–Trinajstić information content (AvgIpc) is 2.76. The van der Waals surface area contributed by atoms with Crippen LogP contribution in [0.1, 0.15) is 58.9 Å². The number of rotatable bonds is 11. The Morgan fingerprint density at radius 2 is 1.76 bits per heavy atom. The van der Waals surface area contributed by atoms with Crippen LogP contribution in [0.4, 0.5) is 0 Å². The molecule has 33 heavy (non-hydrogen) atoms. The molecule has 0 radical (unpaired) electrons. The molecule has 0 saturated carbocycles. The maximum atomic E-state index is 12.4.